The highest BCUT2D eigenvalue weighted by Gasteiger charge is 2.57. The highest BCUT2D eigenvalue weighted by atomic mass is 16.7. The first-order valence-corrected chi connectivity index (χ1v) is 4.74. The van der Waals surface area contributed by atoms with Gasteiger partial charge in [0.1, 0.15) is 0 Å². The van der Waals surface area contributed by atoms with Crippen LogP contribution in [0.15, 0.2) is 0 Å². The average molecular weight is 188 g/mol. The second-order valence-corrected chi connectivity index (χ2v) is 4.35. The third-order valence-electron chi connectivity index (χ3n) is 3.46. The molecule has 0 aromatic carbocycles. The van der Waals surface area contributed by atoms with Gasteiger partial charge in [-0.15, -0.1) is 0 Å². The molecule has 1 saturated carbocycles. The Morgan fingerprint density at radius 1 is 1.23 bits per heavy atom. The molecule has 13 heavy (non-hydrogen) atoms. The molecule has 0 aromatic heterocycles. The van der Waals surface area contributed by atoms with E-state index in [0.29, 0.717) is 11.8 Å². The van der Waals surface area contributed by atoms with Crippen LogP contribution in [0.5, 0.6) is 0 Å². The first kappa shape index (κ1) is 11.0. The van der Waals surface area contributed by atoms with E-state index in [0.717, 1.165) is 6.42 Å². The van der Waals surface area contributed by atoms with Gasteiger partial charge in [0, 0.05) is 27.2 Å². The number of hydrogen-bond donors (Lipinski definition) is 1. The van der Waals surface area contributed by atoms with Crippen molar-refractivity contribution in [1.29, 1.82) is 0 Å². The van der Waals surface area contributed by atoms with Gasteiger partial charge in [0.05, 0.1) is 0 Å². The molecule has 0 radical (unpaired) electrons. The average Bonchev–Trinajstić information content (AvgIpc) is 2.63. The zero-order valence-electron chi connectivity index (χ0n) is 8.91. The summed E-state index contributed by atoms with van der Waals surface area (Å²) in [5.74, 6) is 0.947. The van der Waals surface area contributed by atoms with Gasteiger partial charge in [-0.1, -0.05) is 13.8 Å². The summed E-state index contributed by atoms with van der Waals surface area (Å²) in [4.78, 5) is 0. The predicted octanol–water partition coefficient (Wildman–Crippen LogP) is 1.26. The van der Waals surface area contributed by atoms with Gasteiger partial charge in [0.2, 0.25) is 0 Å². The largest absolute Gasteiger partial charge is 0.396 e. The van der Waals surface area contributed by atoms with Crippen LogP contribution in [0, 0.1) is 17.3 Å². The molecule has 1 rings (SSSR count). The Kier molecular flexibility index (Phi) is 3.33. The van der Waals surface area contributed by atoms with Crippen LogP contribution in [0.3, 0.4) is 0 Å². The topological polar surface area (TPSA) is 38.7 Å². The Hall–Kier alpha value is -0.120. The van der Waals surface area contributed by atoms with E-state index < -0.39 is 0 Å². The van der Waals surface area contributed by atoms with E-state index in [1.807, 2.05) is 0 Å². The van der Waals surface area contributed by atoms with E-state index in [9.17, 15) is 0 Å². The van der Waals surface area contributed by atoms with Gasteiger partial charge in [-0.05, 0) is 17.3 Å². The van der Waals surface area contributed by atoms with Crippen LogP contribution in [0.1, 0.15) is 20.3 Å². The van der Waals surface area contributed by atoms with Gasteiger partial charge in [0.25, 0.3) is 0 Å². The third-order valence-corrected chi connectivity index (χ3v) is 3.46. The minimum absolute atomic E-state index is 0.124. The fourth-order valence-electron chi connectivity index (χ4n) is 2.18. The minimum atomic E-state index is -0.124. The van der Waals surface area contributed by atoms with E-state index in [2.05, 4.69) is 13.8 Å². The van der Waals surface area contributed by atoms with E-state index >= 15 is 0 Å². The molecule has 0 heterocycles. The molecule has 1 N–H and O–H groups in total. The zero-order valence-corrected chi connectivity index (χ0v) is 8.91. The molecule has 0 aliphatic heterocycles. The van der Waals surface area contributed by atoms with Crippen molar-refractivity contribution in [2.45, 2.75) is 26.6 Å². The number of hydrogen-bond acceptors (Lipinski definition) is 3. The Bertz CT molecular complexity index is 164. The maximum Gasteiger partial charge on any atom is 0.157 e. The van der Waals surface area contributed by atoms with Gasteiger partial charge in [-0.25, -0.2) is 0 Å². The number of aliphatic hydroxyl groups excluding tert-OH is 1. The summed E-state index contributed by atoms with van der Waals surface area (Å²) < 4.78 is 10.3. The van der Waals surface area contributed by atoms with E-state index in [1.165, 1.54) is 0 Å². The van der Waals surface area contributed by atoms with Gasteiger partial charge in [-0.2, -0.15) is 0 Å². The molecule has 0 aromatic rings. The van der Waals surface area contributed by atoms with Crippen LogP contribution < -0.4 is 0 Å². The van der Waals surface area contributed by atoms with Crippen molar-refractivity contribution in [2.75, 3.05) is 20.8 Å². The Labute approximate surface area is 80.0 Å². The monoisotopic (exact) mass is 188 g/mol. The summed E-state index contributed by atoms with van der Waals surface area (Å²) in [6.45, 7) is 4.64. The molecule has 0 bridgehead atoms. The van der Waals surface area contributed by atoms with Crippen LogP contribution in [0.2, 0.25) is 0 Å². The van der Waals surface area contributed by atoms with Crippen LogP contribution in [-0.2, 0) is 9.47 Å². The summed E-state index contributed by atoms with van der Waals surface area (Å²) in [7, 11) is 3.30. The lowest BCUT2D eigenvalue weighted by molar-refractivity contribution is -0.111. The molecule has 78 valence electrons. The van der Waals surface area contributed by atoms with E-state index in [4.69, 9.17) is 14.6 Å². The van der Waals surface area contributed by atoms with Crippen LogP contribution in [-0.4, -0.2) is 32.2 Å². The summed E-state index contributed by atoms with van der Waals surface area (Å²) in [5, 5.41) is 9.09. The molecule has 3 nitrogen and oxygen atoms in total. The molecule has 2 unspecified atom stereocenters. The highest BCUT2D eigenvalue weighted by molar-refractivity contribution is 5.04. The van der Waals surface area contributed by atoms with Gasteiger partial charge in [0.15, 0.2) is 6.29 Å². The Morgan fingerprint density at radius 3 is 2.08 bits per heavy atom. The van der Waals surface area contributed by atoms with E-state index in [1.54, 1.807) is 14.2 Å². The quantitative estimate of drug-likeness (QED) is 0.660. The molecular weight excluding hydrogens is 168 g/mol. The van der Waals surface area contributed by atoms with Crippen molar-refractivity contribution in [3.8, 4) is 0 Å². The number of aliphatic hydroxyl groups is 1. The molecule has 1 fully saturated rings. The molecular formula is C10H20O3. The summed E-state index contributed by atoms with van der Waals surface area (Å²) in [5.41, 5.74) is 0.254. The smallest absolute Gasteiger partial charge is 0.157 e. The van der Waals surface area contributed by atoms with Crippen molar-refractivity contribution in [3.05, 3.63) is 0 Å². The number of rotatable bonds is 5. The van der Waals surface area contributed by atoms with Gasteiger partial charge >= 0.3 is 0 Å². The highest BCUT2D eigenvalue weighted by Crippen LogP contribution is 2.60. The van der Waals surface area contributed by atoms with Crippen LogP contribution in [0.25, 0.3) is 0 Å². The van der Waals surface area contributed by atoms with E-state index in [-0.39, 0.29) is 18.3 Å². The SMILES string of the molecule is COC(CC1C(CO)C1(C)C)OC. The lowest BCUT2D eigenvalue weighted by Crippen LogP contribution is -2.14. The maximum atomic E-state index is 9.09. The second-order valence-electron chi connectivity index (χ2n) is 4.35. The Balaban J connectivity index is 2.39. The molecule has 2 atom stereocenters. The summed E-state index contributed by atoms with van der Waals surface area (Å²) in [6, 6.07) is 0. The molecule has 1 aliphatic rings. The van der Waals surface area contributed by atoms with Gasteiger partial charge < -0.3 is 14.6 Å². The predicted molar refractivity (Wildman–Crippen MR) is 50.3 cm³/mol. The van der Waals surface area contributed by atoms with Crippen molar-refractivity contribution >= 4 is 0 Å². The van der Waals surface area contributed by atoms with Crippen molar-refractivity contribution < 1.29 is 14.6 Å². The molecule has 0 saturated heterocycles. The lowest BCUT2D eigenvalue weighted by atomic mass is 10.1. The van der Waals surface area contributed by atoms with Crippen LogP contribution >= 0.6 is 0 Å². The number of methoxy groups -OCH3 is 2. The lowest BCUT2D eigenvalue weighted by Gasteiger charge is -2.13. The normalized spacial score (nSPS) is 30.9. The van der Waals surface area contributed by atoms with Gasteiger partial charge in [-0.3, -0.25) is 0 Å². The molecule has 3 heteroatoms. The molecule has 1 aliphatic carbocycles. The maximum absolute atomic E-state index is 9.09. The van der Waals surface area contributed by atoms with Crippen molar-refractivity contribution in [1.82, 2.24) is 0 Å². The first-order valence-electron chi connectivity index (χ1n) is 4.74. The minimum Gasteiger partial charge on any atom is -0.396 e. The summed E-state index contributed by atoms with van der Waals surface area (Å²) in [6.07, 6.45) is 0.756. The Morgan fingerprint density at radius 2 is 1.77 bits per heavy atom. The fraction of sp³-hybridized carbons (Fsp3) is 1.00. The first-order chi connectivity index (χ1) is 6.07. The molecule has 0 amide bonds. The standard InChI is InChI=1S/C10H20O3/c1-10(2)7(8(10)6-11)5-9(12-3)13-4/h7-9,11H,5-6H2,1-4H3. The van der Waals surface area contributed by atoms with Crippen molar-refractivity contribution in [2.24, 2.45) is 17.3 Å². The second kappa shape index (κ2) is 3.95. The molecule has 0 spiro atoms. The fourth-order valence-corrected chi connectivity index (χ4v) is 2.18. The van der Waals surface area contributed by atoms with Crippen LogP contribution in [0.4, 0.5) is 0 Å². The third kappa shape index (κ3) is 2.03. The summed E-state index contributed by atoms with van der Waals surface area (Å²) >= 11 is 0. The van der Waals surface area contributed by atoms with Crippen molar-refractivity contribution in [3.63, 3.8) is 0 Å². The number of ether oxygens (including phenoxy) is 2. The zero-order chi connectivity index (χ0) is 10.1.